The first-order valence-electron chi connectivity index (χ1n) is 6.54. The first kappa shape index (κ1) is 14.4. The van der Waals surface area contributed by atoms with Crippen LogP contribution in [0.2, 0.25) is 0 Å². The van der Waals surface area contributed by atoms with Crippen LogP contribution in [0, 0.1) is 6.92 Å². The monoisotopic (exact) mass is 293 g/mol. The summed E-state index contributed by atoms with van der Waals surface area (Å²) in [4.78, 5) is 20.0. The van der Waals surface area contributed by atoms with Crippen LogP contribution < -0.4 is 16.0 Å². The minimum atomic E-state index is 0.227. The van der Waals surface area contributed by atoms with Gasteiger partial charge in [-0.15, -0.1) is 11.3 Å². The summed E-state index contributed by atoms with van der Waals surface area (Å²) in [5.74, 6) is 1.32. The van der Waals surface area contributed by atoms with Crippen molar-refractivity contribution in [2.24, 2.45) is 0 Å². The lowest BCUT2D eigenvalue weighted by molar-refractivity contribution is 0.814. The Labute approximate surface area is 122 Å². The van der Waals surface area contributed by atoms with Crippen LogP contribution in [0.3, 0.4) is 0 Å². The molecule has 0 atom stereocenters. The molecule has 0 aliphatic carbocycles. The highest BCUT2D eigenvalue weighted by atomic mass is 32.1. The van der Waals surface area contributed by atoms with E-state index in [-0.39, 0.29) is 5.95 Å². The molecule has 2 aromatic heterocycles. The number of anilines is 3. The van der Waals surface area contributed by atoms with Crippen LogP contribution in [-0.2, 0) is 6.54 Å². The Bertz CT molecular complexity index is 565. The molecule has 8 heteroatoms. The van der Waals surface area contributed by atoms with Gasteiger partial charge in [0.15, 0.2) is 0 Å². The molecule has 0 saturated carbocycles. The van der Waals surface area contributed by atoms with Crippen molar-refractivity contribution in [1.82, 2.24) is 19.9 Å². The molecule has 0 fully saturated rings. The van der Waals surface area contributed by atoms with Gasteiger partial charge < -0.3 is 16.0 Å². The maximum Gasteiger partial charge on any atom is 0.231 e. The molecule has 0 saturated heterocycles. The van der Waals surface area contributed by atoms with E-state index in [4.69, 9.17) is 5.73 Å². The second kappa shape index (κ2) is 6.47. The van der Waals surface area contributed by atoms with Crippen molar-refractivity contribution in [2.45, 2.75) is 27.3 Å². The van der Waals surface area contributed by atoms with Crippen LogP contribution >= 0.6 is 11.3 Å². The van der Waals surface area contributed by atoms with Gasteiger partial charge in [-0.2, -0.15) is 15.0 Å². The van der Waals surface area contributed by atoms with E-state index in [1.807, 2.05) is 18.0 Å². The minimum Gasteiger partial charge on any atom is -0.368 e. The standard InChI is InChI=1S/C12H19N7S/c1-4-19(5-2)12-17-10(13)16-11(18-12)15-7-9-6-14-8(3)20-9/h6H,4-5,7H2,1-3H3,(H3,13,15,16,17,18). The molecule has 0 aliphatic heterocycles. The number of thiazole rings is 1. The number of nitrogens with zero attached hydrogens (tertiary/aromatic N) is 5. The second-order valence-electron chi connectivity index (χ2n) is 4.19. The van der Waals surface area contributed by atoms with E-state index in [0.29, 0.717) is 18.4 Å². The highest BCUT2D eigenvalue weighted by molar-refractivity contribution is 7.11. The zero-order valence-electron chi connectivity index (χ0n) is 11.9. The lowest BCUT2D eigenvalue weighted by Gasteiger charge is -2.18. The van der Waals surface area contributed by atoms with Gasteiger partial charge in [0.1, 0.15) is 0 Å². The lowest BCUT2D eigenvalue weighted by atomic mass is 10.5. The van der Waals surface area contributed by atoms with Crippen LogP contribution in [-0.4, -0.2) is 33.0 Å². The summed E-state index contributed by atoms with van der Waals surface area (Å²) in [6.45, 7) is 8.37. The Kier molecular flexibility index (Phi) is 4.67. The summed E-state index contributed by atoms with van der Waals surface area (Å²) in [6, 6.07) is 0. The fourth-order valence-corrected chi connectivity index (χ4v) is 2.50. The molecule has 2 heterocycles. The Morgan fingerprint density at radius 3 is 2.60 bits per heavy atom. The van der Waals surface area contributed by atoms with Gasteiger partial charge in [-0.05, 0) is 20.8 Å². The van der Waals surface area contributed by atoms with E-state index < -0.39 is 0 Å². The summed E-state index contributed by atoms with van der Waals surface area (Å²) >= 11 is 1.64. The summed E-state index contributed by atoms with van der Waals surface area (Å²) in [6.07, 6.45) is 1.85. The third-order valence-corrected chi connectivity index (χ3v) is 3.69. The van der Waals surface area contributed by atoms with Crippen molar-refractivity contribution in [3.63, 3.8) is 0 Å². The van der Waals surface area contributed by atoms with E-state index >= 15 is 0 Å². The van der Waals surface area contributed by atoms with Crippen molar-refractivity contribution in [3.8, 4) is 0 Å². The molecule has 0 unspecified atom stereocenters. The van der Waals surface area contributed by atoms with Gasteiger partial charge in [-0.25, -0.2) is 4.98 Å². The van der Waals surface area contributed by atoms with Crippen molar-refractivity contribution in [1.29, 1.82) is 0 Å². The number of hydrogen-bond donors (Lipinski definition) is 2. The van der Waals surface area contributed by atoms with Gasteiger partial charge in [-0.1, -0.05) is 0 Å². The van der Waals surface area contributed by atoms with E-state index in [9.17, 15) is 0 Å². The minimum absolute atomic E-state index is 0.227. The molecule has 2 aromatic rings. The van der Waals surface area contributed by atoms with E-state index in [1.54, 1.807) is 11.3 Å². The van der Waals surface area contributed by atoms with Crippen molar-refractivity contribution < 1.29 is 0 Å². The Hall–Kier alpha value is -1.96. The molecule has 0 aromatic carbocycles. The van der Waals surface area contributed by atoms with Gasteiger partial charge in [0.05, 0.1) is 11.6 Å². The zero-order chi connectivity index (χ0) is 14.5. The third kappa shape index (κ3) is 3.53. The van der Waals surface area contributed by atoms with Gasteiger partial charge in [0, 0.05) is 24.2 Å². The number of nitrogen functional groups attached to an aromatic ring is 1. The molecule has 0 radical (unpaired) electrons. The van der Waals surface area contributed by atoms with Gasteiger partial charge >= 0.3 is 0 Å². The quantitative estimate of drug-likeness (QED) is 0.837. The molecule has 7 nitrogen and oxygen atoms in total. The van der Waals surface area contributed by atoms with Crippen LogP contribution in [0.4, 0.5) is 17.8 Å². The van der Waals surface area contributed by atoms with Crippen LogP contribution in [0.25, 0.3) is 0 Å². The van der Waals surface area contributed by atoms with Crippen LogP contribution in [0.5, 0.6) is 0 Å². The molecule has 0 aliphatic rings. The average Bonchev–Trinajstić information content (AvgIpc) is 2.83. The Morgan fingerprint density at radius 2 is 2.00 bits per heavy atom. The lowest BCUT2D eigenvalue weighted by Crippen LogP contribution is -2.25. The van der Waals surface area contributed by atoms with E-state index in [1.165, 1.54) is 0 Å². The predicted molar refractivity (Wildman–Crippen MR) is 82.0 cm³/mol. The van der Waals surface area contributed by atoms with Gasteiger partial charge in [0.2, 0.25) is 17.8 Å². The molecule has 2 rings (SSSR count). The fourth-order valence-electron chi connectivity index (χ4n) is 1.76. The van der Waals surface area contributed by atoms with Crippen LogP contribution in [0.15, 0.2) is 6.20 Å². The average molecular weight is 293 g/mol. The molecule has 0 amide bonds. The normalized spacial score (nSPS) is 10.6. The summed E-state index contributed by atoms with van der Waals surface area (Å²) in [5, 5.41) is 4.20. The summed E-state index contributed by atoms with van der Waals surface area (Å²) in [7, 11) is 0. The molecular weight excluding hydrogens is 274 g/mol. The van der Waals surface area contributed by atoms with Crippen molar-refractivity contribution in [2.75, 3.05) is 29.0 Å². The topological polar surface area (TPSA) is 92.9 Å². The maximum atomic E-state index is 5.74. The molecule has 108 valence electrons. The number of aryl methyl sites for hydroxylation is 1. The first-order chi connectivity index (χ1) is 9.62. The number of hydrogen-bond acceptors (Lipinski definition) is 8. The zero-order valence-corrected chi connectivity index (χ0v) is 12.7. The second-order valence-corrected chi connectivity index (χ2v) is 5.51. The fraction of sp³-hybridized carbons (Fsp3) is 0.500. The van der Waals surface area contributed by atoms with E-state index in [2.05, 4.69) is 39.1 Å². The molecule has 3 N–H and O–H groups in total. The summed E-state index contributed by atoms with van der Waals surface area (Å²) < 4.78 is 0. The Balaban J connectivity index is 2.11. The van der Waals surface area contributed by atoms with Gasteiger partial charge in [0.25, 0.3) is 0 Å². The molecule has 20 heavy (non-hydrogen) atoms. The molecule has 0 spiro atoms. The van der Waals surface area contributed by atoms with Crippen molar-refractivity contribution in [3.05, 3.63) is 16.1 Å². The van der Waals surface area contributed by atoms with E-state index in [0.717, 1.165) is 23.0 Å². The number of nitrogens with one attached hydrogen (secondary N) is 1. The summed E-state index contributed by atoms with van der Waals surface area (Å²) in [5.41, 5.74) is 5.74. The highest BCUT2D eigenvalue weighted by Crippen LogP contribution is 2.15. The Morgan fingerprint density at radius 1 is 1.25 bits per heavy atom. The molecular formula is C12H19N7S. The largest absolute Gasteiger partial charge is 0.368 e. The highest BCUT2D eigenvalue weighted by Gasteiger charge is 2.09. The van der Waals surface area contributed by atoms with Crippen LogP contribution in [0.1, 0.15) is 23.7 Å². The third-order valence-electron chi connectivity index (χ3n) is 2.78. The molecule has 0 bridgehead atoms. The first-order valence-corrected chi connectivity index (χ1v) is 7.35. The van der Waals surface area contributed by atoms with Gasteiger partial charge in [-0.3, -0.25) is 0 Å². The number of nitrogens with two attached hydrogens (primary N) is 1. The van der Waals surface area contributed by atoms with Crippen molar-refractivity contribution >= 4 is 29.2 Å². The number of aromatic nitrogens is 4. The maximum absolute atomic E-state index is 5.74. The predicted octanol–water partition coefficient (Wildman–Crippen LogP) is 1.68. The SMILES string of the molecule is CCN(CC)c1nc(N)nc(NCc2cnc(C)s2)n1. The smallest absolute Gasteiger partial charge is 0.231 e. The number of rotatable bonds is 6.